The molecular formula is C31H35FN2O2. The molecule has 1 aliphatic rings. The second kappa shape index (κ2) is 12.5. The van der Waals surface area contributed by atoms with Gasteiger partial charge in [0.2, 0.25) is 11.8 Å². The highest BCUT2D eigenvalue weighted by atomic mass is 19.1. The number of hydrogen-bond acceptors (Lipinski definition) is 2. The zero-order valence-corrected chi connectivity index (χ0v) is 21.0. The van der Waals surface area contributed by atoms with Crippen molar-refractivity contribution in [1.29, 1.82) is 0 Å². The summed E-state index contributed by atoms with van der Waals surface area (Å²) in [7, 11) is 0. The van der Waals surface area contributed by atoms with Crippen LogP contribution in [0, 0.1) is 12.7 Å². The maximum absolute atomic E-state index is 14.5. The second-order valence-electron chi connectivity index (χ2n) is 9.77. The highest BCUT2D eigenvalue weighted by Gasteiger charge is 2.32. The zero-order chi connectivity index (χ0) is 25.3. The third-order valence-corrected chi connectivity index (χ3v) is 7.12. The molecule has 36 heavy (non-hydrogen) atoms. The molecule has 0 heterocycles. The van der Waals surface area contributed by atoms with Crippen LogP contribution in [0.25, 0.3) is 0 Å². The van der Waals surface area contributed by atoms with Gasteiger partial charge in [0.1, 0.15) is 11.9 Å². The van der Waals surface area contributed by atoms with Crippen molar-refractivity contribution in [3.05, 3.63) is 107 Å². The summed E-state index contributed by atoms with van der Waals surface area (Å²) in [4.78, 5) is 29.2. The van der Waals surface area contributed by atoms with Crippen molar-refractivity contribution in [2.24, 2.45) is 0 Å². The van der Waals surface area contributed by atoms with Gasteiger partial charge in [0, 0.05) is 19.0 Å². The molecule has 1 N–H and O–H groups in total. The van der Waals surface area contributed by atoms with E-state index in [1.165, 1.54) is 12.5 Å². The Balaban J connectivity index is 1.67. The fourth-order valence-electron chi connectivity index (χ4n) is 4.98. The molecule has 0 radical (unpaired) electrons. The first kappa shape index (κ1) is 25.6. The molecule has 0 unspecified atom stereocenters. The lowest BCUT2D eigenvalue weighted by molar-refractivity contribution is -0.141. The van der Waals surface area contributed by atoms with Gasteiger partial charge in [-0.25, -0.2) is 4.39 Å². The van der Waals surface area contributed by atoms with Crippen LogP contribution in [0.3, 0.4) is 0 Å². The molecule has 0 bridgehead atoms. The molecule has 1 atom stereocenters. The van der Waals surface area contributed by atoms with Gasteiger partial charge in [-0.15, -0.1) is 0 Å². The van der Waals surface area contributed by atoms with E-state index in [1.54, 1.807) is 23.1 Å². The first-order valence-electron chi connectivity index (χ1n) is 12.9. The SMILES string of the molecule is Cc1ccccc1CN(C(=O)Cc1ccccc1F)[C@H](Cc1ccccc1)C(=O)NC1CCCCC1. The number of nitrogens with zero attached hydrogens (tertiary/aromatic N) is 1. The summed E-state index contributed by atoms with van der Waals surface area (Å²) >= 11 is 0. The van der Waals surface area contributed by atoms with Crippen LogP contribution in [0.2, 0.25) is 0 Å². The summed E-state index contributed by atoms with van der Waals surface area (Å²) in [6.07, 6.45) is 5.63. The third kappa shape index (κ3) is 6.81. The molecule has 188 valence electrons. The second-order valence-corrected chi connectivity index (χ2v) is 9.77. The number of carbonyl (C=O) groups excluding carboxylic acids is 2. The van der Waals surface area contributed by atoms with Crippen LogP contribution >= 0.6 is 0 Å². The average molecular weight is 487 g/mol. The van der Waals surface area contributed by atoms with E-state index in [-0.39, 0.29) is 30.8 Å². The molecule has 3 aromatic carbocycles. The molecule has 4 rings (SSSR count). The van der Waals surface area contributed by atoms with Crippen molar-refractivity contribution >= 4 is 11.8 Å². The van der Waals surface area contributed by atoms with Crippen molar-refractivity contribution in [1.82, 2.24) is 10.2 Å². The molecule has 3 aromatic rings. The Hall–Kier alpha value is -3.47. The molecule has 2 amide bonds. The van der Waals surface area contributed by atoms with Gasteiger partial charge in [-0.2, -0.15) is 0 Å². The summed E-state index contributed by atoms with van der Waals surface area (Å²) in [6.45, 7) is 2.29. The summed E-state index contributed by atoms with van der Waals surface area (Å²) in [5.41, 5.74) is 3.34. The van der Waals surface area contributed by atoms with E-state index in [1.807, 2.05) is 61.5 Å². The Morgan fingerprint density at radius 2 is 1.53 bits per heavy atom. The molecule has 1 aliphatic carbocycles. The van der Waals surface area contributed by atoms with E-state index < -0.39 is 11.9 Å². The first-order valence-corrected chi connectivity index (χ1v) is 12.9. The predicted molar refractivity (Wildman–Crippen MR) is 141 cm³/mol. The molecule has 0 saturated heterocycles. The smallest absolute Gasteiger partial charge is 0.243 e. The summed E-state index contributed by atoms with van der Waals surface area (Å²) in [5, 5.41) is 3.24. The fraction of sp³-hybridized carbons (Fsp3) is 0.355. The number of amides is 2. The van der Waals surface area contributed by atoms with Crippen LogP contribution in [0.15, 0.2) is 78.9 Å². The van der Waals surface area contributed by atoms with Crippen molar-refractivity contribution in [3.63, 3.8) is 0 Å². The lowest BCUT2D eigenvalue weighted by Crippen LogP contribution is -2.53. The van der Waals surface area contributed by atoms with Crippen LogP contribution in [-0.4, -0.2) is 28.8 Å². The van der Waals surface area contributed by atoms with E-state index in [0.717, 1.165) is 42.4 Å². The maximum atomic E-state index is 14.5. The normalized spacial score (nSPS) is 14.7. The number of aryl methyl sites for hydroxylation is 1. The number of benzene rings is 3. The van der Waals surface area contributed by atoms with Gasteiger partial charge in [0.15, 0.2) is 0 Å². The summed E-state index contributed by atoms with van der Waals surface area (Å²) < 4.78 is 14.5. The van der Waals surface area contributed by atoms with Gasteiger partial charge >= 0.3 is 0 Å². The van der Waals surface area contributed by atoms with Gasteiger partial charge in [-0.3, -0.25) is 9.59 Å². The minimum absolute atomic E-state index is 0.0967. The standard InChI is InChI=1S/C31H35FN2O2/c1-23-12-8-9-16-26(23)22-34(30(35)21-25-15-10-11-19-28(25)32)29(20-24-13-4-2-5-14-24)31(36)33-27-17-6-3-7-18-27/h2,4-5,8-16,19,27,29H,3,6-7,17-18,20-22H2,1H3,(H,33,36)/t29-/m1/s1. The molecule has 0 aromatic heterocycles. The highest BCUT2D eigenvalue weighted by Crippen LogP contribution is 2.21. The minimum Gasteiger partial charge on any atom is -0.352 e. The predicted octanol–water partition coefficient (Wildman–Crippen LogP) is 5.77. The van der Waals surface area contributed by atoms with Crippen LogP contribution in [0.4, 0.5) is 4.39 Å². The van der Waals surface area contributed by atoms with E-state index in [2.05, 4.69) is 5.32 Å². The molecule has 0 aliphatic heterocycles. The summed E-state index contributed by atoms with van der Waals surface area (Å²) in [6, 6.07) is 23.4. The monoisotopic (exact) mass is 486 g/mol. The van der Waals surface area contributed by atoms with Crippen LogP contribution in [0.5, 0.6) is 0 Å². The number of hydrogen-bond donors (Lipinski definition) is 1. The average Bonchev–Trinajstić information content (AvgIpc) is 2.89. The van der Waals surface area contributed by atoms with Gasteiger partial charge in [-0.1, -0.05) is 92.1 Å². The van der Waals surface area contributed by atoms with Gasteiger partial charge in [0.25, 0.3) is 0 Å². The number of carbonyl (C=O) groups is 2. The highest BCUT2D eigenvalue weighted by molar-refractivity contribution is 5.89. The number of rotatable bonds is 9. The first-order chi connectivity index (χ1) is 17.5. The Labute approximate surface area is 213 Å². The number of halogens is 1. The molecule has 1 fully saturated rings. The quantitative estimate of drug-likeness (QED) is 0.418. The van der Waals surface area contributed by atoms with Crippen molar-refractivity contribution in [2.75, 3.05) is 0 Å². The number of nitrogens with one attached hydrogen (secondary N) is 1. The largest absolute Gasteiger partial charge is 0.352 e. The Kier molecular flexibility index (Phi) is 8.88. The summed E-state index contributed by atoms with van der Waals surface area (Å²) in [5.74, 6) is -0.808. The maximum Gasteiger partial charge on any atom is 0.243 e. The van der Waals surface area contributed by atoms with E-state index in [4.69, 9.17) is 0 Å². The molecule has 4 nitrogen and oxygen atoms in total. The Bertz CT molecular complexity index is 1160. The third-order valence-electron chi connectivity index (χ3n) is 7.12. The lowest BCUT2D eigenvalue weighted by Gasteiger charge is -2.34. The minimum atomic E-state index is -0.701. The van der Waals surface area contributed by atoms with Crippen LogP contribution in [0.1, 0.15) is 54.4 Å². The lowest BCUT2D eigenvalue weighted by atomic mass is 9.94. The van der Waals surface area contributed by atoms with Crippen molar-refractivity contribution < 1.29 is 14.0 Å². The van der Waals surface area contributed by atoms with Crippen molar-refractivity contribution in [2.45, 2.75) is 70.5 Å². The Morgan fingerprint density at radius 3 is 2.22 bits per heavy atom. The van der Waals surface area contributed by atoms with E-state index in [9.17, 15) is 14.0 Å². The zero-order valence-electron chi connectivity index (χ0n) is 21.0. The van der Waals surface area contributed by atoms with E-state index >= 15 is 0 Å². The van der Waals surface area contributed by atoms with Crippen LogP contribution in [-0.2, 0) is 29.0 Å². The van der Waals surface area contributed by atoms with Crippen molar-refractivity contribution in [3.8, 4) is 0 Å². The van der Waals surface area contributed by atoms with Gasteiger partial charge in [0.05, 0.1) is 6.42 Å². The molecule has 0 spiro atoms. The van der Waals surface area contributed by atoms with Gasteiger partial charge < -0.3 is 10.2 Å². The van der Waals surface area contributed by atoms with E-state index in [0.29, 0.717) is 12.0 Å². The van der Waals surface area contributed by atoms with Gasteiger partial charge in [-0.05, 0) is 48.1 Å². The molecule has 5 heteroatoms. The Morgan fingerprint density at radius 1 is 0.889 bits per heavy atom. The molecule has 1 saturated carbocycles. The fourth-order valence-corrected chi connectivity index (χ4v) is 4.98. The van der Waals surface area contributed by atoms with Crippen LogP contribution < -0.4 is 5.32 Å². The molecular weight excluding hydrogens is 451 g/mol. The topological polar surface area (TPSA) is 49.4 Å².